The van der Waals surface area contributed by atoms with E-state index < -0.39 is 0 Å². The molecule has 3 rings (SSSR count). The predicted molar refractivity (Wildman–Crippen MR) is 92.4 cm³/mol. The van der Waals surface area contributed by atoms with Gasteiger partial charge in [0.25, 0.3) is 0 Å². The highest BCUT2D eigenvalue weighted by atomic mass is 16.1. The van der Waals surface area contributed by atoms with Gasteiger partial charge in [0.15, 0.2) is 0 Å². The van der Waals surface area contributed by atoms with Crippen LogP contribution in [0.25, 0.3) is 11.0 Å². The summed E-state index contributed by atoms with van der Waals surface area (Å²) in [7, 11) is 0. The Balaban J connectivity index is 1.97. The average Bonchev–Trinajstić information content (AvgIpc) is 2.97. The lowest BCUT2D eigenvalue weighted by Crippen LogP contribution is -2.15. The number of carbonyl (C=O) groups excluding carboxylic acids is 1. The Bertz CT molecular complexity index is 780. The number of fused-ring (bicyclic) bond motifs is 1. The zero-order valence-electron chi connectivity index (χ0n) is 13.3. The molecule has 1 N–H and O–H groups in total. The van der Waals surface area contributed by atoms with Crippen LogP contribution in [0, 0.1) is 0 Å². The molecule has 0 aliphatic heterocycles. The number of carbonyl (C=O) groups is 1. The summed E-state index contributed by atoms with van der Waals surface area (Å²) in [5, 5.41) is 2.72. The summed E-state index contributed by atoms with van der Waals surface area (Å²) >= 11 is 0. The number of para-hydroxylation sites is 2. The summed E-state index contributed by atoms with van der Waals surface area (Å²) in [6.07, 6.45) is 2.46. The highest BCUT2D eigenvalue weighted by Gasteiger charge is 2.16. The molecule has 0 fully saturated rings. The largest absolute Gasteiger partial charge is 0.359 e. The van der Waals surface area contributed by atoms with E-state index >= 15 is 0 Å². The third kappa shape index (κ3) is 3.26. The SMILES string of the molecule is C[C@H](c1ccccc1)n1c(CCCNC=O)nc2ccccc21. The Morgan fingerprint density at radius 2 is 1.87 bits per heavy atom. The fraction of sp³-hybridized carbons (Fsp3) is 0.263. The van der Waals surface area contributed by atoms with E-state index in [1.165, 1.54) is 5.56 Å². The minimum atomic E-state index is 0.220. The zero-order valence-corrected chi connectivity index (χ0v) is 13.3. The molecule has 118 valence electrons. The summed E-state index contributed by atoms with van der Waals surface area (Å²) in [5.41, 5.74) is 3.44. The molecule has 23 heavy (non-hydrogen) atoms. The van der Waals surface area contributed by atoms with Crippen LogP contribution in [0.4, 0.5) is 0 Å². The molecule has 1 aromatic heterocycles. The number of benzene rings is 2. The van der Waals surface area contributed by atoms with Crippen molar-refractivity contribution in [2.45, 2.75) is 25.8 Å². The third-order valence-corrected chi connectivity index (χ3v) is 4.14. The van der Waals surface area contributed by atoms with Crippen LogP contribution in [0.1, 0.15) is 30.8 Å². The number of amides is 1. The molecule has 1 heterocycles. The number of hydrogen-bond acceptors (Lipinski definition) is 2. The third-order valence-electron chi connectivity index (χ3n) is 4.14. The number of nitrogens with one attached hydrogen (secondary N) is 1. The van der Waals surface area contributed by atoms with E-state index in [9.17, 15) is 4.79 Å². The molecule has 0 radical (unpaired) electrons. The maximum Gasteiger partial charge on any atom is 0.207 e. The van der Waals surface area contributed by atoms with Gasteiger partial charge in [0.2, 0.25) is 6.41 Å². The molecule has 0 bridgehead atoms. The lowest BCUT2D eigenvalue weighted by molar-refractivity contribution is -0.109. The van der Waals surface area contributed by atoms with Crippen LogP contribution in [-0.2, 0) is 11.2 Å². The lowest BCUT2D eigenvalue weighted by Gasteiger charge is -2.18. The van der Waals surface area contributed by atoms with Crippen molar-refractivity contribution in [2.75, 3.05) is 6.54 Å². The van der Waals surface area contributed by atoms with Crippen LogP contribution in [-0.4, -0.2) is 22.5 Å². The van der Waals surface area contributed by atoms with Crippen LogP contribution < -0.4 is 5.32 Å². The van der Waals surface area contributed by atoms with E-state index in [1.54, 1.807) is 0 Å². The Morgan fingerprint density at radius 1 is 1.13 bits per heavy atom. The zero-order chi connectivity index (χ0) is 16.1. The molecule has 0 unspecified atom stereocenters. The van der Waals surface area contributed by atoms with Crippen LogP contribution in [0.15, 0.2) is 54.6 Å². The van der Waals surface area contributed by atoms with Crippen molar-refractivity contribution in [3.8, 4) is 0 Å². The Morgan fingerprint density at radius 3 is 2.65 bits per heavy atom. The van der Waals surface area contributed by atoms with Crippen LogP contribution >= 0.6 is 0 Å². The molecular formula is C19H21N3O. The van der Waals surface area contributed by atoms with Crippen molar-refractivity contribution in [3.05, 3.63) is 66.0 Å². The molecule has 4 nitrogen and oxygen atoms in total. The Hall–Kier alpha value is -2.62. The minimum absolute atomic E-state index is 0.220. The quantitative estimate of drug-likeness (QED) is 0.537. The predicted octanol–water partition coefficient (Wildman–Crippen LogP) is 3.32. The van der Waals surface area contributed by atoms with E-state index in [2.05, 4.69) is 59.3 Å². The molecule has 0 saturated heterocycles. The van der Waals surface area contributed by atoms with Gasteiger partial charge in [-0.2, -0.15) is 0 Å². The first-order valence-corrected chi connectivity index (χ1v) is 7.99. The average molecular weight is 307 g/mol. The van der Waals surface area contributed by atoms with Crippen molar-refractivity contribution >= 4 is 17.4 Å². The van der Waals surface area contributed by atoms with Crippen molar-refractivity contribution in [2.24, 2.45) is 0 Å². The van der Waals surface area contributed by atoms with Gasteiger partial charge in [-0.1, -0.05) is 42.5 Å². The van der Waals surface area contributed by atoms with Gasteiger partial charge in [-0.3, -0.25) is 4.79 Å². The fourth-order valence-electron chi connectivity index (χ4n) is 2.99. The van der Waals surface area contributed by atoms with Gasteiger partial charge >= 0.3 is 0 Å². The van der Waals surface area contributed by atoms with Crippen molar-refractivity contribution in [1.29, 1.82) is 0 Å². The number of nitrogens with zero attached hydrogens (tertiary/aromatic N) is 2. The molecule has 1 amide bonds. The molecule has 3 aromatic rings. The number of hydrogen-bond donors (Lipinski definition) is 1. The van der Waals surface area contributed by atoms with E-state index in [4.69, 9.17) is 4.98 Å². The normalized spacial score (nSPS) is 12.2. The number of imidazole rings is 1. The molecule has 0 aliphatic carbocycles. The highest BCUT2D eigenvalue weighted by molar-refractivity contribution is 5.76. The molecule has 0 spiro atoms. The summed E-state index contributed by atoms with van der Waals surface area (Å²) in [5.74, 6) is 1.07. The maximum absolute atomic E-state index is 10.4. The fourth-order valence-corrected chi connectivity index (χ4v) is 2.99. The molecule has 0 saturated carbocycles. The first-order chi connectivity index (χ1) is 11.3. The monoisotopic (exact) mass is 307 g/mol. The smallest absolute Gasteiger partial charge is 0.207 e. The van der Waals surface area contributed by atoms with Gasteiger partial charge in [-0.15, -0.1) is 0 Å². The topological polar surface area (TPSA) is 46.9 Å². The van der Waals surface area contributed by atoms with E-state index in [0.717, 1.165) is 36.1 Å². The lowest BCUT2D eigenvalue weighted by atomic mass is 10.1. The summed E-state index contributed by atoms with van der Waals surface area (Å²) in [6.45, 7) is 2.88. The van der Waals surface area contributed by atoms with Gasteiger partial charge in [0.1, 0.15) is 5.82 Å². The molecular weight excluding hydrogens is 286 g/mol. The Labute approximate surface area is 136 Å². The van der Waals surface area contributed by atoms with Gasteiger partial charge in [-0.05, 0) is 31.0 Å². The highest BCUT2D eigenvalue weighted by Crippen LogP contribution is 2.26. The van der Waals surface area contributed by atoms with Gasteiger partial charge in [0, 0.05) is 13.0 Å². The Kier molecular flexibility index (Phi) is 4.71. The first-order valence-electron chi connectivity index (χ1n) is 7.99. The number of aromatic nitrogens is 2. The van der Waals surface area contributed by atoms with E-state index in [0.29, 0.717) is 6.54 Å². The number of rotatable bonds is 7. The summed E-state index contributed by atoms with van der Waals surface area (Å²) in [6, 6.07) is 18.9. The molecule has 4 heteroatoms. The van der Waals surface area contributed by atoms with Crippen molar-refractivity contribution in [3.63, 3.8) is 0 Å². The van der Waals surface area contributed by atoms with Crippen LogP contribution in [0.3, 0.4) is 0 Å². The van der Waals surface area contributed by atoms with Gasteiger partial charge in [-0.25, -0.2) is 4.98 Å². The van der Waals surface area contributed by atoms with E-state index in [-0.39, 0.29) is 6.04 Å². The van der Waals surface area contributed by atoms with Crippen molar-refractivity contribution < 1.29 is 4.79 Å². The molecule has 0 aliphatic rings. The maximum atomic E-state index is 10.4. The minimum Gasteiger partial charge on any atom is -0.359 e. The summed E-state index contributed by atoms with van der Waals surface area (Å²) < 4.78 is 2.31. The van der Waals surface area contributed by atoms with Gasteiger partial charge < -0.3 is 9.88 Å². The molecule has 2 aromatic carbocycles. The molecule has 1 atom stereocenters. The second-order valence-electron chi connectivity index (χ2n) is 5.65. The van der Waals surface area contributed by atoms with Crippen molar-refractivity contribution in [1.82, 2.24) is 14.9 Å². The summed E-state index contributed by atoms with van der Waals surface area (Å²) in [4.78, 5) is 15.2. The second kappa shape index (κ2) is 7.09. The second-order valence-corrected chi connectivity index (χ2v) is 5.65. The van der Waals surface area contributed by atoms with E-state index in [1.807, 2.05) is 12.1 Å². The first kappa shape index (κ1) is 15.3. The van der Waals surface area contributed by atoms with Gasteiger partial charge in [0.05, 0.1) is 17.1 Å². The van der Waals surface area contributed by atoms with Crippen LogP contribution in [0.2, 0.25) is 0 Å². The number of aryl methyl sites for hydroxylation is 1. The van der Waals surface area contributed by atoms with Crippen LogP contribution in [0.5, 0.6) is 0 Å². The standard InChI is InChI=1S/C19H21N3O/c1-15(16-8-3-2-4-9-16)22-18-11-6-5-10-17(18)21-19(22)12-7-13-20-14-23/h2-6,8-11,14-15H,7,12-13H2,1H3,(H,20,23)/t15-/m1/s1.